The Kier molecular flexibility index (Phi) is 6.60. The number of ether oxygens (including phenoxy) is 2. The molecule has 0 aliphatic carbocycles. The summed E-state index contributed by atoms with van der Waals surface area (Å²) >= 11 is 0. The molecule has 128 valence electrons. The van der Waals surface area contributed by atoms with Gasteiger partial charge in [0.25, 0.3) is 0 Å². The first-order valence-corrected chi connectivity index (χ1v) is 7.77. The van der Waals surface area contributed by atoms with Crippen LogP contribution in [-0.2, 0) is 4.74 Å². The van der Waals surface area contributed by atoms with Gasteiger partial charge in [-0.2, -0.15) is 0 Å². The lowest BCUT2D eigenvalue weighted by Crippen LogP contribution is -2.33. The molecule has 0 unspecified atom stereocenters. The van der Waals surface area contributed by atoms with Gasteiger partial charge in [0.2, 0.25) is 0 Å². The van der Waals surface area contributed by atoms with Crippen LogP contribution in [0.2, 0.25) is 0 Å². The topological polar surface area (TPSA) is 86.6 Å². The molecule has 2 aromatic rings. The summed E-state index contributed by atoms with van der Waals surface area (Å²) in [4.78, 5) is 4.59. The van der Waals surface area contributed by atoms with Gasteiger partial charge in [0.1, 0.15) is 12.4 Å². The van der Waals surface area contributed by atoms with Crippen molar-refractivity contribution in [3.8, 4) is 17.0 Å². The number of rotatable bonds is 9. The van der Waals surface area contributed by atoms with Gasteiger partial charge in [-0.15, -0.1) is 6.58 Å². The second-order valence-electron chi connectivity index (χ2n) is 5.25. The zero-order valence-electron chi connectivity index (χ0n) is 13.9. The molecular weight excluding hydrogens is 304 g/mol. The highest BCUT2D eigenvalue weighted by Gasteiger charge is 2.10. The van der Waals surface area contributed by atoms with Crippen molar-refractivity contribution in [3.63, 3.8) is 0 Å². The van der Waals surface area contributed by atoms with Crippen LogP contribution in [0.5, 0.6) is 5.75 Å². The van der Waals surface area contributed by atoms with Crippen LogP contribution in [0.3, 0.4) is 0 Å². The van der Waals surface area contributed by atoms with Crippen molar-refractivity contribution in [1.82, 2.24) is 4.98 Å². The molecule has 4 N–H and O–H groups in total. The lowest BCUT2D eigenvalue weighted by Gasteiger charge is -2.19. The lowest BCUT2D eigenvalue weighted by atomic mass is 10.1. The van der Waals surface area contributed by atoms with E-state index in [9.17, 15) is 0 Å². The Morgan fingerprint density at radius 3 is 2.83 bits per heavy atom. The molecule has 1 aromatic carbocycles. The average molecular weight is 328 g/mol. The van der Waals surface area contributed by atoms with Crippen LogP contribution >= 0.6 is 0 Å². The Bertz CT molecular complexity index is 676. The molecule has 6 heteroatoms. The zero-order chi connectivity index (χ0) is 17.4. The SMILES string of the molecule is C=CCCN(N)c1nc(-c2cccc(OCCOC)c2)ccc1N. The van der Waals surface area contributed by atoms with Gasteiger partial charge in [-0.3, -0.25) is 5.01 Å². The molecule has 6 nitrogen and oxygen atoms in total. The largest absolute Gasteiger partial charge is 0.491 e. The summed E-state index contributed by atoms with van der Waals surface area (Å²) in [5.74, 6) is 7.36. The molecule has 0 saturated carbocycles. The zero-order valence-corrected chi connectivity index (χ0v) is 13.9. The molecule has 0 radical (unpaired) electrons. The van der Waals surface area contributed by atoms with Gasteiger partial charge in [-0.25, -0.2) is 10.8 Å². The standard InChI is InChI=1S/C18H24N4O2/c1-3-4-10-22(20)18-16(19)8-9-17(21-18)14-6-5-7-15(13-14)24-12-11-23-2/h3,5-9,13H,1,4,10-12,19-20H2,2H3. The molecule has 24 heavy (non-hydrogen) atoms. The number of methoxy groups -OCH3 is 1. The smallest absolute Gasteiger partial charge is 0.166 e. The number of pyridine rings is 1. The van der Waals surface area contributed by atoms with Crippen LogP contribution < -0.4 is 21.3 Å². The van der Waals surface area contributed by atoms with Gasteiger partial charge in [0.15, 0.2) is 5.82 Å². The van der Waals surface area contributed by atoms with E-state index in [1.807, 2.05) is 36.4 Å². The number of hydrogen-bond acceptors (Lipinski definition) is 6. The maximum Gasteiger partial charge on any atom is 0.166 e. The highest BCUT2D eigenvalue weighted by molar-refractivity contribution is 5.70. The Morgan fingerprint density at radius 1 is 1.25 bits per heavy atom. The first-order chi connectivity index (χ1) is 11.7. The number of hydrogen-bond donors (Lipinski definition) is 2. The molecule has 0 amide bonds. The maximum atomic E-state index is 6.04. The third-order valence-electron chi connectivity index (χ3n) is 3.44. The predicted octanol–water partition coefficient (Wildman–Crippen LogP) is 2.61. The maximum absolute atomic E-state index is 6.04. The minimum absolute atomic E-state index is 0.499. The number of nitrogen functional groups attached to an aromatic ring is 1. The van der Waals surface area contributed by atoms with Crippen molar-refractivity contribution in [2.45, 2.75) is 6.42 Å². The van der Waals surface area contributed by atoms with Crippen LogP contribution in [0.4, 0.5) is 11.5 Å². The highest BCUT2D eigenvalue weighted by atomic mass is 16.5. The first-order valence-electron chi connectivity index (χ1n) is 7.77. The average Bonchev–Trinajstić information content (AvgIpc) is 2.60. The Labute approximate surface area is 142 Å². The minimum atomic E-state index is 0.499. The first kappa shape index (κ1) is 17.8. The van der Waals surface area contributed by atoms with Gasteiger partial charge >= 0.3 is 0 Å². The molecule has 1 heterocycles. The summed E-state index contributed by atoms with van der Waals surface area (Å²) in [5.41, 5.74) is 8.26. The van der Waals surface area contributed by atoms with E-state index in [0.29, 0.717) is 31.3 Å². The summed E-state index contributed by atoms with van der Waals surface area (Å²) < 4.78 is 10.6. The Hall–Kier alpha value is -2.57. The van der Waals surface area contributed by atoms with E-state index in [1.165, 1.54) is 0 Å². The van der Waals surface area contributed by atoms with Crippen molar-refractivity contribution in [2.75, 3.05) is 37.6 Å². The number of nitrogens with two attached hydrogens (primary N) is 2. The van der Waals surface area contributed by atoms with Crippen molar-refractivity contribution in [2.24, 2.45) is 5.84 Å². The molecular formula is C18H24N4O2. The summed E-state index contributed by atoms with van der Waals surface area (Å²) in [6, 6.07) is 11.4. The van der Waals surface area contributed by atoms with Crippen LogP contribution in [0, 0.1) is 0 Å². The number of anilines is 2. The number of hydrazine groups is 1. The van der Waals surface area contributed by atoms with E-state index < -0.39 is 0 Å². The van der Waals surface area contributed by atoms with Crippen molar-refractivity contribution < 1.29 is 9.47 Å². The molecule has 0 aliphatic rings. The molecule has 0 saturated heterocycles. The van der Waals surface area contributed by atoms with Gasteiger partial charge in [-0.05, 0) is 30.7 Å². The van der Waals surface area contributed by atoms with E-state index in [2.05, 4.69) is 11.6 Å². The number of aromatic nitrogens is 1. The number of nitrogens with zero attached hydrogens (tertiary/aromatic N) is 2. The molecule has 0 fully saturated rings. The lowest BCUT2D eigenvalue weighted by molar-refractivity contribution is 0.146. The highest BCUT2D eigenvalue weighted by Crippen LogP contribution is 2.27. The normalized spacial score (nSPS) is 10.4. The third kappa shape index (κ3) is 4.71. The quantitative estimate of drug-likeness (QED) is 0.318. The molecule has 1 aromatic heterocycles. The summed E-state index contributed by atoms with van der Waals surface area (Å²) in [7, 11) is 1.64. The van der Waals surface area contributed by atoms with E-state index >= 15 is 0 Å². The van der Waals surface area contributed by atoms with Crippen LogP contribution in [0.1, 0.15) is 6.42 Å². The Morgan fingerprint density at radius 2 is 2.08 bits per heavy atom. The van der Waals surface area contributed by atoms with Crippen LogP contribution in [0.25, 0.3) is 11.3 Å². The fourth-order valence-electron chi connectivity index (χ4n) is 2.17. The molecule has 2 rings (SSSR count). The van der Waals surface area contributed by atoms with Gasteiger partial charge in [0.05, 0.1) is 18.0 Å². The van der Waals surface area contributed by atoms with E-state index in [0.717, 1.165) is 23.4 Å². The van der Waals surface area contributed by atoms with Crippen LogP contribution in [-0.4, -0.2) is 31.9 Å². The number of benzene rings is 1. The van der Waals surface area contributed by atoms with Gasteiger partial charge in [-0.1, -0.05) is 18.2 Å². The van der Waals surface area contributed by atoms with Crippen molar-refractivity contribution in [3.05, 3.63) is 49.1 Å². The molecule has 0 spiro atoms. The second kappa shape index (κ2) is 8.90. The molecule has 0 bridgehead atoms. The van der Waals surface area contributed by atoms with E-state index in [4.69, 9.17) is 21.1 Å². The molecule has 0 aliphatic heterocycles. The fourth-order valence-corrected chi connectivity index (χ4v) is 2.17. The monoisotopic (exact) mass is 328 g/mol. The Balaban J connectivity index is 2.22. The van der Waals surface area contributed by atoms with Crippen LogP contribution in [0.15, 0.2) is 49.1 Å². The summed E-state index contributed by atoms with van der Waals surface area (Å²) in [5, 5.41) is 1.54. The van der Waals surface area contributed by atoms with Crippen molar-refractivity contribution >= 4 is 11.5 Å². The van der Waals surface area contributed by atoms with Crippen molar-refractivity contribution in [1.29, 1.82) is 0 Å². The summed E-state index contributed by atoms with van der Waals surface area (Å²) in [6.07, 6.45) is 2.56. The fraction of sp³-hybridized carbons (Fsp3) is 0.278. The molecule has 0 atom stereocenters. The van der Waals surface area contributed by atoms with E-state index in [-0.39, 0.29) is 0 Å². The van der Waals surface area contributed by atoms with Gasteiger partial charge < -0.3 is 15.2 Å². The predicted molar refractivity (Wildman–Crippen MR) is 97.8 cm³/mol. The van der Waals surface area contributed by atoms with E-state index in [1.54, 1.807) is 18.2 Å². The minimum Gasteiger partial charge on any atom is -0.491 e. The third-order valence-corrected chi connectivity index (χ3v) is 3.44. The summed E-state index contributed by atoms with van der Waals surface area (Å²) in [6.45, 7) is 5.34. The second-order valence-corrected chi connectivity index (χ2v) is 5.25. The van der Waals surface area contributed by atoms with Gasteiger partial charge in [0, 0.05) is 19.2 Å².